The van der Waals surface area contributed by atoms with E-state index >= 15 is 0 Å². The molecule has 1 unspecified atom stereocenters. The van der Waals surface area contributed by atoms with E-state index in [1.165, 1.54) is 6.92 Å². The molecule has 1 N–H and O–H groups in total. The number of carbonyl (C=O) groups is 1. The second kappa shape index (κ2) is 2.92. The molecule has 0 aromatic rings. The molecule has 0 heterocycles. The molecule has 52 valence electrons. The number of hydrogen-bond donors (Lipinski definition) is 1. The number of aliphatic carboxylic acids is 1. The lowest BCUT2D eigenvalue weighted by Gasteiger charge is -2.11. The van der Waals surface area contributed by atoms with Crippen LogP contribution in [-0.2, 0) is 9.36 Å². The first kappa shape index (κ1) is 8.57. The van der Waals surface area contributed by atoms with Crippen molar-refractivity contribution in [3.63, 3.8) is 0 Å². The van der Waals surface area contributed by atoms with Crippen molar-refractivity contribution in [2.45, 2.75) is 25.4 Å². The molecule has 4 heteroatoms. The molecule has 9 heavy (non-hydrogen) atoms. The fraction of sp³-hybridized carbons (Fsp3) is 0.800. The van der Waals surface area contributed by atoms with Gasteiger partial charge in [-0.15, -0.1) is 0 Å². The van der Waals surface area contributed by atoms with Gasteiger partial charge < -0.3 is 5.11 Å². The molecule has 0 amide bonds. The smallest absolute Gasteiger partial charge is 0.321 e. The lowest BCUT2D eigenvalue weighted by atomic mass is 10.1. The standard InChI is InChI=1S/C5H9O3P/c1-3-5(2,9-8)4(6)7/h3H2,1-2H3,(H,6,7). The molecule has 0 aromatic heterocycles. The molecule has 0 aromatic carbocycles. The Labute approximate surface area is 55.3 Å². The van der Waals surface area contributed by atoms with Crippen LogP contribution in [0.1, 0.15) is 20.3 Å². The van der Waals surface area contributed by atoms with E-state index < -0.39 is 11.1 Å². The molecule has 0 saturated heterocycles. The highest BCUT2D eigenvalue weighted by Gasteiger charge is 2.31. The van der Waals surface area contributed by atoms with Crippen molar-refractivity contribution in [3.8, 4) is 0 Å². The van der Waals surface area contributed by atoms with Gasteiger partial charge in [-0.1, -0.05) is 6.92 Å². The topological polar surface area (TPSA) is 54.4 Å². The van der Waals surface area contributed by atoms with E-state index in [0.717, 1.165) is 0 Å². The van der Waals surface area contributed by atoms with Gasteiger partial charge in [0.15, 0.2) is 8.46 Å². The van der Waals surface area contributed by atoms with Gasteiger partial charge in [-0.05, 0) is 13.3 Å². The van der Waals surface area contributed by atoms with Gasteiger partial charge in [-0.2, -0.15) is 0 Å². The number of carboxylic acid groups (broad SMARTS) is 1. The fourth-order valence-electron chi connectivity index (χ4n) is 0.255. The van der Waals surface area contributed by atoms with Crippen molar-refractivity contribution in [3.05, 3.63) is 0 Å². The van der Waals surface area contributed by atoms with E-state index in [2.05, 4.69) is 0 Å². The van der Waals surface area contributed by atoms with Gasteiger partial charge in [-0.25, -0.2) is 0 Å². The minimum Gasteiger partial charge on any atom is -0.480 e. The second-order valence-electron chi connectivity index (χ2n) is 2.02. The first-order chi connectivity index (χ1) is 4.06. The van der Waals surface area contributed by atoms with Crippen LogP contribution >= 0.6 is 8.46 Å². The Morgan fingerprint density at radius 3 is 2.22 bits per heavy atom. The van der Waals surface area contributed by atoms with Crippen molar-refractivity contribution in [2.75, 3.05) is 0 Å². The Kier molecular flexibility index (Phi) is 2.78. The summed E-state index contributed by atoms with van der Waals surface area (Å²) in [4.78, 5) is 10.3. The maximum atomic E-state index is 10.3. The lowest BCUT2D eigenvalue weighted by molar-refractivity contribution is -0.139. The minimum atomic E-state index is -1.08. The van der Waals surface area contributed by atoms with E-state index in [9.17, 15) is 9.36 Å². The van der Waals surface area contributed by atoms with Crippen LogP contribution in [0.3, 0.4) is 0 Å². The van der Waals surface area contributed by atoms with Crippen molar-refractivity contribution in [1.82, 2.24) is 0 Å². The quantitative estimate of drug-likeness (QED) is 0.617. The molecule has 0 aliphatic carbocycles. The van der Waals surface area contributed by atoms with Gasteiger partial charge in [-0.3, -0.25) is 9.36 Å². The third kappa shape index (κ3) is 1.75. The van der Waals surface area contributed by atoms with Crippen LogP contribution in [0, 0.1) is 0 Å². The highest BCUT2D eigenvalue weighted by Crippen LogP contribution is 2.25. The van der Waals surface area contributed by atoms with Crippen LogP contribution in [0.15, 0.2) is 0 Å². The summed E-state index contributed by atoms with van der Waals surface area (Å²) in [6.07, 6.45) is 0.382. The summed E-state index contributed by atoms with van der Waals surface area (Å²) in [5.41, 5.74) is 0. The van der Waals surface area contributed by atoms with Crippen LogP contribution in [0.5, 0.6) is 0 Å². The van der Waals surface area contributed by atoms with Crippen molar-refractivity contribution >= 4 is 14.4 Å². The number of rotatable bonds is 3. The average molecular weight is 148 g/mol. The van der Waals surface area contributed by atoms with Gasteiger partial charge in [0.05, 0.1) is 0 Å². The van der Waals surface area contributed by atoms with Gasteiger partial charge >= 0.3 is 5.97 Å². The van der Waals surface area contributed by atoms with E-state index in [-0.39, 0.29) is 8.46 Å². The van der Waals surface area contributed by atoms with Gasteiger partial charge in [0, 0.05) is 0 Å². The molecule has 3 nitrogen and oxygen atoms in total. The van der Waals surface area contributed by atoms with Crippen molar-refractivity contribution < 1.29 is 14.5 Å². The predicted octanol–water partition coefficient (Wildman–Crippen LogP) is 1.53. The molecule has 0 aliphatic rings. The molecule has 0 aliphatic heterocycles. The Bertz CT molecular complexity index is 134. The van der Waals surface area contributed by atoms with Gasteiger partial charge in [0.2, 0.25) is 0 Å². The van der Waals surface area contributed by atoms with Crippen molar-refractivity contribution in [1.29, 1.82) is 0 Å². The maximum absolute atomic E-state index is 10.3. The van der Waals surface area contributed by atoms with Crippen molar-refractivity contribution in [2.24, 2.45) is 0 Å². The zero-order valence-corrected chi connectivity index (χ0v) is 6.31. The minimum absolute atomic E-state index is 0.318. The molecule has 0 fully saturated rings. The maximum Gasteiger partial charge on any atom is 0.321 e. The molecule has 0 saturated carbocycles. The Hall–Kier alpha value is -0.430. The molecule has 0 rings (SSSR count). The van der Waals surface area contributed by atoms with Gasteiger partial charge in [0.25, 0.3) is 0 Å². The molecular formula is C5H9O3P. The summed E-state index contributed by atoms with van der Waals surface area (Å²) in [5, 5.41) is 7.34. The zero-order valence-electron chi connectivity index (χ0n) is 5.42. The third-order valence-corrected chi connectivity index (χ3v) is 2.26. The molecule has 0 spiro atoms. The zero-order chi connectivity index (χ0) is 7.49. The van der Waals surface area contributed by atoms with Crippen LogP contribution in [0.25, 0.3) is 0 Å². The van der Waals surface area contributed by atoms with Crippen LogP contribution in [0.2, 0.25) is 0 Å². The highest BCUT2D eigenvalue weighted by molar-refractivity contribution is 7.27. The number of carboxylic acids is 1. The van der Waals surface area contributed by atoms with Crippen LogP contribution in [-0.4, -0.2) is 16.2 Å². The van der Waals surface area contributed by atoms with E-state index in [4.69, 9.17) is 5.11 Å². The SMILES string of the molecule is CCC(C)(P=O)C(=O)O. The Balaban J connectivity index is 4.27. The lowest BCUT2D eigenvalue weighted by Crippen LogP contribution is -2.27. The first-order valence-corrected chi connectivity index (χ1v) is 3.46. The predicted molar refractivity (Wildman–Crippen MR) is 33.9 cm³/mol. The molecule has 0 radical (unpaired) electrons. The third-order valence-electron chi connectivity index (χ3n) is 1.35. The summed E-state index contributed by atoms with van der Waals surface area (Å²) >= 11 is 0. The molecular weight excluding hydrogens is 139 g/mol. The van der Waals surface area contributed by atoms with E-state index in [1.807, 2.05) is 0 Å². The summed E-state index contributed by atoms with van der Waals surface area (Å²) in [5.74, 6) is -1.01. The second-order valence-corrected chi connectivity index (χ2v) is 3.19. The van der Waals surface area contributed by atoms with E-state index in [0.29, 0.717) is 6.42 Å². The largest absolute Gasteiger partial charge is 0.480 e. The summed E-state index contributed by atoms with van der Waals surface area (Å²) in [6.45, 7) is 3.14. The number of hydrogen-bond acceptors (Lipinski definition) is 2. The summed E-state index contributed by atoms with van der Waals surface area (Å²) in [6, 6.07) is 0. The normalized spacial score (nSPS) is 17.1. The highest BCUT2D eigenvalue weighted by atomic mass is 31.1. The fourth-order valence-corrected chi connectivity index (χ4v) is 0.462. The summed E-state index contributed by atoms with van der Waals surface area (Å²) < 4.78 is 10.2. The monoisotopic (exact) mass is 148 g/mol. The van der Waals surface area contributed by atoms with Crippen LogP contribution in [0.4, 0.5) is 0 Å². The molecule has 1 atom stereocenters. The Morgan fingerprint density at radius 2 is 2.22 bits per heavy atom. The van der Waals surface area contributed by atoms with Gasteiger partial charge in [0.1, 0.15) is 5.16 Å². The molecule has 0 bridgehead atoms. The van der Waals surface area contributed by atoms with E-state index in [1.54, 1.807) is 6.92 Å². The Morgan fingerprint density at radius 1 is 1.78 bits per heavy atom. The first-order valence-electron chi connectivity index (χ1n) is 2.64. The van der Waals surface area contributed by atoms with Crippen LogP contribution < -0.4 is 0 Å². The summed E-state index contributed by atoms with van der Waals surface area (Å²) in [7, 11) is -0.318. The average Bonchev–Trinajstić information content (AvgIpc) is 1.86.